The van der Waals surface area contributed by atoms with Crippen LogP contribution in [0.1, 0.15) is 6.42 Å². The van der Waals surface area contributed by atoms with Crippen molar-refractivity contribution < 1.29 is 14.3 Å². The van der Waals surface area contributed by atoms with Gasteiger partial charge in [-0.25, -0.2) is 4.79 Å². The van der Waals surface area contributed by atoms with Gasteiger partial charge in [0.25, 0.3) is 0 Å². The fourth-order valence-electron chi connectivity index (χ4n) is 1.13. The first-order valence-electron chi connectivity index (χ1n) is 5.52. The van der Waals surface area contributed by atoms with Gasteiger partial charge in [-0.3, -0.25) is 0 Å². The van der Waals surface area contributed by atoms with Crippen LogP contribution in [0.25, 0.3) is 0 Å². The third-order valence-corrected chi connectivity index (χ3v) is 1.94. The minimum atomic E-state index is -0.469. The first-order chi connectivity index (χ1) is 8.33. The monoisotopic (exact) mass is 235 g/mol. The quantitative estimate of drug-likeness (QED) is 0.583. The maximum absolute atomic E-state index is 11.3. The summed E-state index contributed by atoms with van der Waals surface area (Å²) in [7, 11) is 0. The summed E-state index contributed by atoms with van der Waals surface area (Å²) >= 11 is 0. The number of nitrogens with one attached hydrogen (secondary N) is 1. The van der Waals surface area contributed by atoms with Gasteiger partial charge < -0.3 is 14.8 Å². The van der Waals surface area contributed by atoms with E-state index in [0.29, 0.717) is 25.5 Å². The Kier molecular flexibility index (Phi) is 6.51. The Labute approximate surface area is 101 Å². The van der Waals surface area contributed by atoms with Gasteiger partial charge in [-0.15, -0.1) is 6.58 Å². The summed E-state index contributed by atoms with van der Waals surface area (Å²) in [5, 5.41) is 2.60. The number of amides is 1. The Hall–Kier alpha value is -1.81. The van der Waals surface area contributed by atoms with Crippen LogP contribution in [-0.2, 0) is 4.74 Å². The van der Waals surface area contributed by atoms with Crippen LogP contribution in [0.2, 0.25) is 0 Å². The Morgan fingerprint density at radius 3 is 2.76 bits per heavy atom. The molecule has 92 valence electrons. The molecule has 0 spiro atoms. The highest BCUT2D eigenvalue weighted by molar-refractivity contribution is 5.70. The number of hydrogen-bond acceptors (Lipinski definition) is 3. The molecule has 0 atom stereocenters. The van der Waals surface area contributed by atoms with Gasteiger partial charge in [0.1, 0.15) is 5.75 Å². The first kappa shape index (κ1) is 13.3. The van der Waals surface area contributed by atoms with Crippen LogP contribution in [0, 0.1) is 0 Å². The zero-order valence-corrected chi connectivity index (χ0v) is 9.72. The maximum atomic E-state index is 11.3. The lowest BCUT2D eigenvalue weighted by Crippen LogP contribution is -2.30. The summed E-state index contributed by atoms with van der Waals surface area (Å²) in [6.07, 6.45) is 2.13. The van der Waals surface area contributed by atoms with Crippen molar-refractivity contribution in [3.8, 4) is 5.75 Å². The second-order valence-corrected chi connectivity index (χ2v) is 3.32. The first-order valence-corrected chi connectivity index (χ1v) is 5.52. The third-order valence-electron chi connectivity index (χ3n) is 1.94. The molecule has 0 saturated heterocycles. The Morgan fingerprint density at radius 2 is 2.06 bits per heavy atom. The van der Waals surface area contributed by atoms with Crippen LogP contribution in [0.5, 0.6) is 5.75 Å². The molecule has 0 radical (unpaired) electrons. The van der Waals surface area contributed by atoms with E-state index in [1.54, 1.807) is 30.3 Å². The molecule has 1 rings (SSSR count). The van der Waals surface area contributed by atoms with E-state index in [2.05, 4.69) is 11.9 Å². The molecular formula is C13H17NO3. The molecule has 0 unspecified atom stereocenters. The summed E-state index contributed by atoms with van der Waals surface area (Å²) in [5.41, 5.74) is 0. The van der Waals surface area contributed by atoms with Gasteiger partial charge in [0, 0.05) is 6.54 Å². The number of hydrogen-bond donors (Lipinski definition) is 1. The summed E-state index contributed by atoms with van der Waals surface area (Å²) in [6.45, 7) is 5.11. The second-order valence-electron chi connectivity index (χ2n) is 3.32. The van der Waals surface area contributed by atoms with Gasteiger partial charge in [0.05, 0.1) is 13.2 Å². The van der Waals surface area contributed by atoms with Crippen molar-refractivity contribution in [2.45, 2.75) is 6.42 Å². The highest BCUT2D eigenvalue weighted by atomic mass is 16.6. The average Bonchev–Trinajstić information content (AvgIpc) is 2.35. The van der Waals surface area contributed by atoms with Gasteiger partial charge in [0.15, 0.2) is 0 Å². The van der Waals surface area contributed by atoms with Crippen LogP contribution in [0.3, 0.4) is 0 Å². The summed E-state index contributed by atoms with van der Waals surface area (Å²) < 4.78 is 10.3. The molecule has 0 bridgehead atoms. The predicted octanol–water partition coefficient (Wildman–Crippen LogP) is 2.37. The van der Waals surface area contributed by atoms with E-state index >= 15 is 0 Å². The summed E-state index contributed by atoms with van der Waals surface area (Å²) in [6, 6.07) is 8.92. The molecule has 0 aromatic heterocycles. The number of carbonyl (C=O) groups is 1. The zero-order chi connectivity index (χ0) is 12.3. The van der Waals surface area contributed by atoms with Crippen LogP contribution in [0.15, 0.2) is 43.0 Å². The van der Waals surface area contributed by atoms with E-state index in [1.807, 2.05) is 6.07 Å². The van der Waals surface area contributed by atoms with E-state index in [0.717, 1.165) is 6.42 Å². The van der Waals surface area contributed by atoms with Crippen LogP contribution in [0.4, 0.5) is 4.79 Å². The maximum Gasteiger partial charge on any atom is 0.412 e. The van der Waals surface area contributed by atoms with Crippen molar-refractivity contribution in [3.05, 3.63) is 43.0 Å². The van der Waals surface area contributed by atoms with E-state index in [1.165, 1.54) is 0 Å². The SMILES string of the molecule is C=CCCOCCNC(=O)Oc1ccccc1. The molecule has 4 heteroatoms. The molecule has 0 aliphatic heterocycles. The fraction of sp³-hybridized carbons (Fsp3) is 0.308. The third kappa shape index (κ3) is 6.37. The zero-order valence-electron chi connectivity index (χ0n) is 9.72. The van der Waals surface area contributed by atoms with Crippen molar-refractivity contribution in [2.24, 2.45) is 0 Å². The van der Waals surface area contributed by atoms with E-state index in [-0.39, 0.29) is 0 Å². The minimum Gasteiger partial charge on any atom is -0.410 e. The number of para-hydroxylation sites is 1. The predicted molar refractivity (Wildman–Crippen MR) is 66.1 cm³/mol. The number of rotatable bonds is 7. The summed E-state index contributed by atoms with van der Waals surface area (Å²) in [5.74, 6) is 0.526. The normalized spacial score (nSPS) is 9.65. The highest BCUT2D eigenvalue weighted by Crippen LogP contribution is 2.07. The van der Waals surface area contributed by atoms with Crippen molar-refractivity contribution in [2.75, 3.05) is 19.8 Å². The van der Waals surface area contributed by atoms with E-state index < -0.39 is 6.09 Å². The van der Waals surface area contributed by atoms with Gasteiger partial charge in [0.2, 0.25) is 0 Å². The number of ether oxygens (including phenoxy) is 2. The smallest absolute Gasteiger partial charge is 0.410 e. The molecule has 1 aromatic rings. The number of carbonyl (C=O) groups excluding carboxylic acids is 1. The largest absolute Gasteiger partial charge is 0.412 e. The standard InChI is InChI=1S/C13H17NO3/c1-2-3-10-16-11-9-14-13(15)17-12-7-5-4-6-8-12/h2,4-8H,1,3,9-11H2,(H,14,15). The molecule has 0 aliphatic rings. The number of benzene rings is 1. The Bertz CT molecular complexity index is 338. The average molecular weight is 235 g/mol. The van der Waals surface area contributed by atoms with Crippen molar-refractivity contribution in [1.29, 1.82) is 0 Å². The molecule has 4 nitrogen and oxygen atoms in total. The molecule has 1 aromatic carbocycles. The molecule has 0 fully saturated rings. The van der Waals surface area contributed by atoms with Gasteiger partial charge in [-0.05, 0) is 18.6 Å². The topological polar surface area (TPSA) is 47.6 Å². The van der Waals surface area contributed by atoms with Gasteiger partial charge >= 0.3 is 6.09 Å². The van der Waals surface area contributed by atoms with Crippen molar-refractivity contribution >= 4 is 6.09 Å². The summed E-state index contributed by atoms with van der Waals surface area (Å²) in [4.78, 5) is 11.3. The van der Waals surface area contributed by atoms with Gasteiger partial charge in [-0.2, -0.15) is 0 Å². The fourth-order valence-corrected chi connectivity index (χ4v) is 1.13. The Balaban J connectivity index is 2.07. The highest BCUT2D eigenvalue weighted by Gasteiger charge is 2.01. The lowest BCUT2D eigenvalue weighted by molar-refractivity contribution is 0.137. The van der Waals surface area contributed by atoms with Crippen molar-refractivity contribution in [1.82, 2.24) is 5.32 Å². The lowest BCUT2D eigenvalue weighted by atomic mass is 10.3. The molecule has 1 N–H and O–H groups in total. The minimum absolute atomic E-state index is 0.433. The van der Waals surface area contributed by atoms with Crippen molar-refractivity contribution in [3.63, 3.8) is 0 Å². The molecule has 17 heavy (non-hydrogen) atoms. The molecule has 0 saturated carbocycles. The second kappa shape index (κ2) is 8.35. The molecule has 0 heterocycles. The Morgan fingerprint density at radius 1 is 1.29 bits per heavy atom. The molecule has 0 aliphatic carbocycles. The molecular weight excluding hydrogens is 218 g/mol. The van der Waals surface area contributed by atoms with Crippen LogP contribution >= 0.6 is 0 Å². The van der Waals surface area contributed by atoms with Crippen LogP contribution in [-0.4, -0.2) is 25.9 Å². The van der Waals surface area contributed by atoms with Crippen LogP contribution < -0.4 is 10.1 Å². The van der Waals surface area contributed by atoms with Gasteiger partial charge in [-0.1, -0.05) is 24.3 Å². The lowest BCUT2D eigenvalue weighted by Gasteiger charge is -2.06. The van der Waals surface area contributed by atoms with E-state index in [9.17, 15) is 4.79 Å². The molecule has 1 amide bonds. The van der Waals surface area contributed by atoms with E-state index in [4.69, 9.17) is 9.47 Å².